The third-order valence-electron chi connectivity index (χ3n) is 5.67. The summed E-state index contributed by atoms with van der Waals surface area (Å²) in [5.41, 5.74) is 2.22. The molecule has 2 unspecified atom stereocenters. The SMILES string of the molecule is O=C(NC(Cc1ccc2cn[nH]c2c1)C1C=N1)[C@H]1N[C@@H]2CC[C@H]1C2. The van der Waals surface area contributed by atoms with Crippen molar-refractivity contribution in [1.82, 2.24) is 20.8 Å². The predicted molar refractivity (Wildman–Crippen MR) is 92.1 cm³/mol. The van der Waals surface area contributed by atoms with E-state index in [-0.39, 0.29) is 24.0 Å². The van der Waals surface area contributed by atoms with Gasteiger partial charge in [0.15, 0.2) is 0 Å². The lowest BCUT2D eigenvalue weighted by atomic mass is 9.97. The minimum atomic E-state index is -0.0138. The normalized spacial score (nSPS) is 31.5. The Hall–Kier alpha value is -2.21. The number of fused-ring (bicyclic) bond motifs is 3. The van der Waals surface area contributed by atoms with Crippen LogP contribution in [0.4, 0.5) is 0 Å². The Balaban J connectivity index is 1.29. The fourth-order valence-electron chi connectivity index (χ4n) is 4.30. The fourth-order valence-corrected chi connectivity index (χ4v) is 4.30. The summed E-state index contributed by atoms with van der Waals surface area (Å²) in [4.78, 5) is 17.0. The van der Waals surface area contributed by atoms with E-state index in [0.717, 1.165) is 23.7 Å². The quantitative estimate of drug-likeness (QED) is 0.773. The number of hydrogen-bond acceptors (Lipinski definition) is 4. The number of nitrogens with zero attached hydrogens (tertiary/aromatic N) is 2. The molecular formula is C18H21N5O. The Morgan fingerprint density at radius 2 is 2.29 bits per heavy atom. The molecule has 5 atom stereocenters. The van der Waals surface area contributed by atoms with Crippen LogP contribution in [0.3, 0.4) is 0 Å². The molecule has 3 N–H and O–H groups in total. The molecule has 2 aromatic rings. The van der Waals surface area contributed by atoms with Gasteiger partial charge in [0, 0.05) is 17.6 Å². The highest BCUT2D eigenvalue weighted by Crippen LogP contribution is 2.35. The van der Waals surface area contributed by atoms with Crippen LogP contribution in [0.15, 0.2) is 29.4 Å². The molecule has 6 heteroatoms. The van der Waals surface area contributed by atoms with E-state index in [4.69, 9.17) is 0 Å². The number of aliphatic imine (C=N–C) groups is 1. The number of piperidine rings is 1. The first-order valence-corrected chi connectivity index (χ1v) is 8.78. The van der Waals surface area contributed by atoms with E-state index in [1.165, 1.54) is 18.4 Å². The van der Waals surface area contributed by atoms with E-state index < -0.39 is 0 Å². The molecule has 24 heavy (non-hydrogen) atoms. The predicted octanol–water partition coefficient (Wildman–Crippen LogP) is 1.18. The molecule has 2 bridgehead atoms. The molecular weight excluding hydrogens is 302 g/mol. The first kappa shape index (κ1) is 14.2. The minimum absolute atomic E-state index is 0.0138. The van der Waals surface area contributed by atoms with E-state index >= 15 is 0 Å². The molecule has 1 aromatic carbocycles. The molecule has 3 aliphatic rings. The van der Waals surface area contributed by atoms with Gasteiger partial charge in [0.05, 0.1) is 23.8 Å². The lowest BCUT2D eigenvalue weighted by Crippen LogP contribution is -2.52. The standard InChI is InChI=1S/C18H21N5O/c24-18(17-11-3-4-13(7-11)21-17)22-15(16-9-19-16)6-10-1-2-12-8-20-23-14(12)5-10/h1-2,5,8-9,11,13,15-17,21H,3-4,6-7H2,(H,20,23)(H,22,24)/t11-,13+,15?,16?,17-/m0/s1. The molecule has 1 saturated carbocycles. The number of carbonyl (C=O) groups excluding carboxylic acids is 1. The van der Waals surface area contributed by atoms with Crippen molar-refractivity contribution in [3.05, 3.63) is 30.0 Å². The number of aromatic amines is 1. The molecule has 124 valence electrons. The Kier molecular flexibility index (Phi) is 3.19. The van der Waals surface area contributed by atoms with E-state index in [0.29, 0.717) is 12.0 Å². The van der Waals surface area contributed by atoms with E-state index in [9.17, 15) is 4.79 Å². The zero-order valence-corrected chi connectivity index (χ0v) is 13.4. The number of carbonyl (C=O) groups is 1. The van der Waals surface area contributed by atoms with Crippen molar-refractivity contribution >= 4 is 23.0 Å². The maximum atomic E-state index is 12.7. The lowest BCUT2D eigenvalue weighted by Gasteiger charge is -2.25. The number of H-pyrrole nitrogens is 1. The molecule has 2 fully saturated rings. The number of rotatable bonds is 5. The Bertz CT molecular complexity index is 807. The second-order valence-electron chi connectivity index (χ2n) is 7.31. The number of aromatic nitrogens is 2. The van der Waals surface area contributed by atoms with E-state index in [2.05, 4.69) is 44.0 Å². The van der Waals surface area contributed by atoms with Crippen LogP contribution in [0, 0.1) is 5.92 Å². The van der Waals surface area contributed by atoms with Crippen LogP contribution in [0.1, 0.15) is 24.8 Å². The van der Waals surface area contributed by atoms with Crippen molar-refractivity contribution in [3.8, 4) is 0 Å². The van der Waals surface area contributed by atoms with Crippen molar-refractivity contribution in [2.75, 3.05) is 0 Å². The van der Waals surface area contributed by atoms with Crippen LogP contribution in [0.5, 0.6) is 0 Å². The number of hydrogen-bond donors (Lipinski definition) is 3. The van der Waals surface area contributed by atoms with Gasteiger partial charge in [-0.15, -0.1) is 0 Å². The summed E-state index contributed by atoms with van der Waals surface area (Å²) in [6.07, 6.45) is 8.08. The number of nitrogens with one attached hydrogen (secondary N) is 3. The molecule has 5 rings (SSSR count). The van der Waals surface area contributed by atoms with Crippen molar-refractivity contribution in [3.63, 3.8) is 0 Å². The highest BCUT2D eigenvalue weighted by atomic mass is 16.2. The van der Waals surface area contributed by atoms with Gasteiger partial charge in [-0.25, -0.2) is 0 Å². The smallest absolute Gasteiger partial charge is 0.237 e. The van der Waals surface area contributed by atoms with Crippen LogP contribution in [0.25, 0.3) is 10.9 Å². The van der Waals surface area contributed by atoms with Gasteiger partial charge < -0.3 is 10.6 Å². The highest BCUT2D eigenvalue weighted by molar-refractivity contribution is 5.86. The van der Waals surface area contributed by atoms with Gasteiger partial charge in [-0.05, 0) is 43.2 Å². The molecule has 6 nitrogen and oxygen atoms in total. The van der Waals surface area contributed by atoms with Gasteiger partial charge in [-0.2, -0.15) is 5.10 Å². The van der Waals surface area contributed by atoms with Gasteiger partial charge in [-0.3, -0.25) is 14.9 Å². The zero-order valence-electron chi connectivity index (χ0n) is 13.4. The Labute approximate surface area is 140 Å². The molecule has 0 spiro atoms. The van der Waals surface area contributed by atoms with Crippen LogP contribution < -0.4 is 10.6 Å². The monoisotopic (exact) mass is 323 g/mol. The number of amides is 1. The molecule has 1 saturated heterocycles. The second-order valence-corrected chi connectivity index (χ2v) is 7.31. The first-order chi connectivity index (χ1) is 11.8. The third kappa shape index (κ3) is 2.51. The molecule has 2 aliphatic heterocycles. The van der Waals surface area contributed by atoms with Crippen molar-refractivity contribution in [2.24, 2.45) is 10.9 Å². The van der Waals surface area contributed by atoms with E-state index in [1.54, 1.807) is 0 Å². The molecule has 1 aliphatic carbocycles. The van der Waals surface area contributed by atoms with Gasteiger partial charge in [0.25, 0.3) is 0 Å². The largest absolute Gasteiger partial charge is 0.349 e. The average Bonchev–Trinajstić information content (AvgIpc) is 3.00. The van der Waals surface area contributed by atoms with Crippen LogP contribution in [-0.2, 0) is 11.2 Å². The molecule has 0 radical (unpaired) electrons. The summed E-state index contributed by atoms with van der Waals surface area (Å²) in [5, 5.41) is 14.9. The molecule has 3 heterocycles. The summed E-state index contributed by atoms with van der Waals surface area (Å²) in [7, 11) is 0. The Morgan fingerprint density at radius 1 is 1.38 bits per heavy atom. The van der Waals surface area contributed by atoms with Crippen LogP contribution >= 0.6 is 0 Å². The van der Waals surface area contributed by atoms with E-state index in [1.807, 2.05) is 12.4 Å². The summed E-state index contributed by atoms with van der Waals surface area (Å²) in [5.74, 6) is 0.655. The Morgan fingerprint density at radius 3 is 3.04 bits per heavy atom. The minimum Gasteiger partial charge on any atom is -0.349 e. The van der Waals surface area contributed by atoms with Crippen molar-refractivity contribution in [2.45, 2.75) is 49.9 Å². The zero-order chi connectivity index (χ0) is 16.1. The molecule has 1 aromatic heterocycles. The summed E-state index contributed by atoms with van der Waals surface area (Å²) in [6, 6.07) is 7.00. The third-order valence-corrected chi connectivity index (χ3v) is 5.67. The lowest BCUT2D eigenvalue weighted by molar-refractivity contribution is -0.124. The van der Waals surface area contributed by atoms with Crippen LogP contribution in [-0.4, -0.2) is 46.5 Å². The van der Waals surface area contributed by atoms with Gasteiger partial charge >= 0.3 is 0 Å². The first-order valence-electron chi connectivity index (χ1n) is 8.78. The molecule has 1 amide bonds. The van der Waals surface area contributed by atoms with Gasteiger partial charge in [0.1, 0.15) is 6.04 Å². The maximum absolute atomic E-state index is 12.7. The second kappa shape index (κ2) is 5.41. The fraction of sp³-hybridized carbons (Fsp3) is 0.500. The highest BCUT2D eigenvalue weighted by Gasteiger charge is 2.43. The average molecular weight is 323 g/mol. The van der Waals surface area contributed by atoms with Crippen molar-refractivity contribution in [1.29, 1.82) is 0 Å². The summed E-state index contributed by atoms with van der Waals surface area (Å²) < 4.78 is 0. The summed E-state index contributed by atoms with van der Waals surface area (Å²) in [6.45, 7) is 0. The van der Waals surface area contributed by atoms with Gasteiger partial charge in [-0.1, -0.05) is 12.1 Å². The number of benzene rings is 1. The van der Waals surface area contributed by atoms with Gasteiger partial charge in [0.2, 0.25) is 5.91 Å². The maximum Gasteiger partial charge on any atom is 0.237 e. The van der Waals surface area contributed by atoms with Crippen LogP contribution in [0.2, 0.25) is 0 Å². The van der Waals surface area contributed by atoms with Crippen molar-refractivity contribution < 1.29 is 4.79 Å². The topological polar surface area (TPSA) is 82.2 Å². The summed E-state index contributed by atoms with van der Waals surface area (Å²) >= 11 is 0.